The molecule has 10 heteroatoms. The lowest BCUT2D eigenvalue weighted by Crippen LogP contribution is -2.41. The average molecular weight is 534 g/mol. The van der Waals surface area contributed by atoms with Gasteiger partial charge < -0.3 is 19.1 Å². The molecule has 2 fully saturated rings. The molecule has 0 unspecified atom stereocenters. The van der Waals surface area contributed by atoms with Crippen LogP contribution in [0.2, 0.25) is 0 Å². The SMILES string of the molecule is Cc1cc(OCc2nnc(SC3CCCC3)n2-c2cccnc2)ccc1C#CCOC(=O)N1CCOCC1. The number of carbonyl (C=O) groups is 1. The van der Waals surface area contributed by atoms with Crippen molar-refractivity contribution in [1.82, 2.24) is 24.6 Å². The number of thioether (sulfide) groups is 1. The largest absolute Gasteiger partial charge is 0.486 e. The van der Waals surface area contributed by atoms with E-state index in [1.54, 1.807) is 22.9 Å². The molecule has 1 aliphatic heterocycles. The van der Waals surface area contributed by atoms with Crippen molar-refractivity contribution in [2.24, 2.45) is 0 Å². The number of rotatable bonds is 7. The van der Waals surface area contributed by atoms with Gasteiger partial charge in [-0.05, 0) is 55.7 Å². The summed E-state index contributed by atoms with van der Waals surface area (Å²) < 4.78 is 18.7. The summed E-state index contributed by atoms with van der Waals surface area (Å²) in [6.45, 7) is 4.46. The lowest BCUT2D eigenvalue weighted by molar-refractivity contribution is 0.0306. The number of aromatic nitrogens is 4. The zero-order chi connectivity index (χ0) is 26.2. The molecule has 1 aliphatic carbocycles. The quantitative estimate of drug-likeness (QED) is 0.413. The third-order valence-corrected chi connectivity index (χ3v) is 7.78. The molecule has 1 aromatic carbocycles. The number of amides is 1. The van der Waals surface area contributed by atoms with Crippen molar-refractivity contribution in [3.05, 3.63) is 59.7 Å². The fourth-order valence-electron chi connectivity index (χ4n) is 4.45. The van der Waals surface area contributed by atoms with Crippen LogP contribution in [0.4, 0.5) is 4.79 Å². The maximum atomic E-state index is 12.1. The molecule has 9 nitrogen and oxygen atoms in total. The summed E-state index contributed by atoms with van der Waals surface area (Å²) in [5.74, 6) is 7.45. The third-order valence-electron chi connectivity index (χ3n) is 6.50. The molecular formula is C28H31N5O4S. The molecule has 1 saturated heterocycles. The Bertz CT molecular complexity index is 1290. The second kappa shape index (κ2) is 12.8. The Morgan fingerprint density at radius 1 is 1.18 bits per heavy atom. The number of ether oxygens (including phenoxy) is 3. The third kappa shape index (κ3) is 6.65. The van der Waals surface area contributed by atoms with E-state index in [9.17, 15) is 4.79 Å². The summed E-state index contributed by atoms with van der Waals surface area (Å²) in [5, 5.41) is 10.4. The number of aryl methyl sites for hydroxylation is 1. The Hall–Kier alpha value is -3.55. The van der Waals surface area contributed by atoms with Crippen molar-refractivity contribution >= 4 is 17.9 Å². The Balaban J connectivity index is 1.21. The Kier molecular flexibility index (Phi) is 8.78. The molecule has 2 aliphatic rings. The van der Waals surface area contributed by atoms with Gasteiger partial charge in [-0.25, -0.2) is 4.79 Å². The molecule has 198 valence electrons. The van der Waals surface area contributed by atoms with Gasteiger partial charge in [0.25, 0.3) is 0 Å². The van der Waals surface area contributed by atoms with Gasteiger partial charge in [-0.1, -0.05) is 36.4 Å². The van der Waals surface area contributed by atoms with Crippen LogP contribution in [0.25, 0.3) is 5.69 Å². The highest BCUT2D eigenvalue weighted by Gasteiger charge is 2.22. The van der Waals surface area contributed by atoms with E-state index in [-0.39, 0.29) is 19.3 Å². The summed E-state index contributed by atoms with van der Waals surface area (Å²) in [6, 6.07) is 9.66. The topological polar surface area (TPSA) is 91.6 Å². The molecule has 2 aromatic heterocycles. The van der Waals surface area contributed by atoms with Crippen molar-refractivity contribution in [2.75, 3.05) is 32.9 Å². The van der Waals surface area contributed by atoms with Crippen molar-refractivity contribution < 1.29 is 19.0 Å². The van der Waals surface area contributed by atoms with Crippen LogP contribution < -0.4 is 4.74 Å². The van der Waals surface area contributed by atoms with Crippen LogP contribution in [0.15, 0.2) is 47.9 Å². The highest BCUT2D eigenvalue weighted by Crippen LogP contribution is 2.35. The van der Waals surface area contributed by atoms with Crippen molar-refractivity contribution in [2.45, 2.75) is 49.6 Å². The van der Waals surface area contributed by atoms with E-state index in [0.29, 0.717) is 31.6 Å². The minimum Gasteiger partial charge on any atom is -0.486 e. The molecule has 0 spiro atoms. The van der Waals surface area contributed by atoms with Crippen LogP contribution >= 0.6 is 11.8 Å². The van der Waals surface area contributed by atoms with Crippen LogP contribution in [0.5, 0.6) is 5.75 Å². The van der Waals surface area contributed by atoms with Gasteiger partial charge in [0.1, 0.15) is 12.4 Å². The Morgan fingerprint density at radius 3 is 2.79 bits per heavy atom. The average Bonchev–Trinajstić information content (AvgIpc) is 3.62. The number of benzene rings is 1. The Labute approximate surface area is 226 Å². The van der Waals surface area contributed by atoms with Gasteiger partial charge in [-0.15, -0.1) is 10.2 Å². The van der Waals surface area contributed by atoms with E-state index < -0.39 is 0 Å². The molecule has 1 saturated carbocycles. The fourth-order valence-corrected chi connectivity index (χ4v) is 5.72. The van der Waals surface area contributed by atoms with Crippen LogP contribution in [0.1, 0.15) is 42.6 Å². The summed E-state index contributed by atoms with van der Waals surface area (Å²) in [6.07, 6.45) is 8.19. The van der Waals surface area contributed by atoms with Gasteiger partial charge in [0.2, 0.25) is 0 Å². The molecular weight excluding hydrogens is 502 g/mol. The molecule has 0 N–H and O–H groups in total. The van der Waals surface area contributed by atoms with Gasteiger partial charge >= 0.3 is 6.09 Å². The van der Waals surface area contributed by atoms with E-state index in [0.717, 1.165) is 33.5 Å². The second-order valence-electron chi connectivity index (χ2n) is 9.19. The van der Waals surface area contributed by atoms with Gasteiger partial charge in [-0.3, -0.25) is 9.55 Å². The summed E-state index contributed by atoms with van der Waals surface area (Å²) in [4.78, 5) is 18.0. The maximum absolute atomic E-state index is 12.1. The van der Waals surface area contributed by atoms with E-state index in [1.807, 2.05) is 48.0 Å². The van der Waals surface area contributed by atoms with Crippen LogP contribution in [-0.2, 0) is 16.1 Å². The van der Waals surface area contributed by atoms with Gasteiger partial charge in [0.05, 0.1) is 25.1 Å². The number of hydrogen-bond acceptors (Lipinski definition) is 8. The normalized spacial score (nSPS) is 15.7. The number of pyridine rings is 1. The molecule has 0 atom stereocenters. The molecule has 1 amide bonds. The molecule has 3 heterocycles. The van der Waals surface area contributed by atoms with Crippen molar-refractivity contribution in [3.63, 3.8) is 0 Å². The van der Waals surface area contributed by atoms with Gasteiger partial charge in [-0.2, -0.15) is 0 Å². The van der Waals surface area contributed by atoms with Crippen LogP contribution in [0.3, 0.4) is 0 Å². The lowest BCUT2D eigenvalue weighted by Gasteiger charge is -2.25. The molecule has 5 rings (SSSR count). The maximum Gasteiger partial charge on any atom is 0.410 e. The number of hydrogen-bond donors (Lipinski definition) is 0. The van der Waals surface area contributed by atoms with E-state index in [2.05, 4.69) is 27.0 Å². The van der Waals surface area contributed by atoms with Crippen LogP contribution in [-0.4, -0.2) is 68.9 Å². The van der Waals surface area contributed by atoms with Gasteiger partial charge in [0.15, 0.2) is 17.6 Å². The number of carbonyl (C=O) groups excluding carboxylic acids is 1. The molecule has 0 radical (unpaired) electrons. The van der Waals surface area contributed by atoms with Crippen molar-refractivity contribution in [3.8, 4) is 23.3 Å². The summed E-state index contributed by atoms with van der Waals surface area (Å²) >= 11 is 1.79. The highest BCUT2D eigenvalue weighted by molar-refractivity contribution is 7.99. The molecule has 0 bridgehead atoms. The molecule has 3 aromatic rings. The smallest absolute Gasteiger partial charge is 0.410 e. The monoisotopic (exact) mass is 533 g/mol. The van der Waals surface area contributed by atoms with Crippen LogP contribution in [0, 0.1) is 18.8 Å². The lowest BCUT2D eigenvalue weighted by atomic mass is 10.1. The predicted octanol–water partition coefficient (Wildman–Crippen LogP) is 4.40. The first-order chi connectivity index (χ1) is 18.7. The summed E-state index contributed by atoms with van der Waals surface area (Å²) in [5.41, 5.74) is 2.75. The zero-order valence-electron chi connectivity index (χ0n) is 21.5. The highest BCUT2D eigenvalue weighted by atomic mass is 32.2. The van der Waals surface area contributed by atoms with Gasteiger partial charge in [0, 0.05) is 30.1 Å². The molecule has 38 heavy (non-hydrogen) atoms. The van der Waals surface area contributed by atoms with E-state index in [4.69, 9.17) is 14.2 Å². The van der Waals surface area contributed by atoms with Crippen molar-refractivity contribution in [1.29, 1.82) is 0 Å². The standard InChI is InChI=1S/C28H31N5O4S/c1-21-18-24(11-10-22(21)6-5-15-36-28(34)32-13-16-35-17-14-32)37-20-26-30-31-27(38-25-8-2-3-9-25)33(26)23-7-4-12-29-19-23/h4,7,10-12,18-19,25H,2-3,8-9,13-17,20H2,1H3. The minimum atomic E-state index is -0.355. The fraction of sp³-hybridized carbons (Fsp3) is 0.429. The zero-order valence-corrected chi connectivity index (χ0v) is 22.3. The first-order valence-corrected chi connectivity index (χ1v) is 13.8. The second-order valence-corrected chi connectivity index (χ2v) is 10.5. The first-order valence-electron chi connectivity index (χ1n) is 12.9. The number of morpholine rings is 1. The first kappa shape index (κ1) is 26.1. The predicted molar refractivity (Wildman–Crippen MR) is 143 cm³/mol. The number of nitrogens with zero attached hydrogens (tertiary/aromatic N) is 5. The minimum absolute atomic E-state index is 0.0408. The van der Waals surface area contributed by atoms with E-state index in [1.165, 1.54) is 25.7 Å². The Morgan fingerprint density at radius 2 is 2.03 bits per heavy atom. The summed E-state index contributed by atoms with van der Waals surface area (Å²) in [7, 11) is 0. The van der Waals surface area contributed by atoms with E-state index >= 15 is 0 Å².